The van der Waals surface area contributed by atoms with Crippen molar-refractivity contribution in [3.63, 3.8) is 0 Å². The first kappa shape index (κ1) is 14.8. The average Bonchev–Trinajstić information content (AvgIpc) is 2.79. The Kier molecular flexibility index (Phi) is 4.50. The molecule has 2 rings (SSSR count). The van der Waals surface area contributed by atoms with E-state index in [9.17, 15) is 0 Å². The lowest BCUT2D eigenvalue weighted by atomic mass is 9.98. The van der Waals surface area contributed by atoms with Crippen LogP contribution < -0.4 is 5.32 Å². The first-order chi connectivity index (χ1) is 8.86. The van der Waals surface area contributed by atoms with Crippen molar-refractivity contribution in [2.24, 2.45) is 0 Å². The molecule has 0 radical (unpaired) electrons. The summed E-state index contributed by atoms with van der Waals surface area (Å²) in [4.78, 5) is 4.69. The van der Waals surface area contributed by atoms with Crippen molar-refractivity contribution in [1.29, 1.82) is 0 Å². The fraction of sp³-hybridized carbons (Fsp3) is 0.400. The van der Waals surface area contributed by atoms with Gasteiger partial charge in [-0.3, -0.25) is 0 Å². The number of aromatic nitrogens is 1. The molecule has 0 aliphatic heterocycles. The van der Waals surface area contributed by atoms with E-state index < -0.39 is 0 Å². The summed E-state index contributed by atoms with van der Waals surface area (Å²) in [5.41, 5.74) is 3.72. The fourth-order valence-corrected chi connectivity index (χ4v) is 3.05. The van der Waals surface area contributed by atoms with Gasteiger partial charge in [0.1, 0.15) is 0 Å². The molecule has 0 spiro atoms. The van der Waals surface area contributed by atoms with E-state index in [4.69, 9.17) is 4.98 Å². The molecule has 0 aliphatic rings. The lowest BCUT2D eigenvalue weighted by Gasteiger charge is -2.13. The normalized spacial score (nSPS) is 11.6. The Labute approximate surface area is 132 Å². The Bertz CT molecular complexity index is 570. The molecular formula is C15H19IN2S. The van der Waals surface area contributed by atoms with Crippen LogP contribution in [0.4, 0.5) is 5.69 Å². The van der Waals surface area contributed by atoms with Crippen molar-refractivity contribution in [1.82, 2.24) is 4.98 Å². The number of aryl methyl sites for hydroxylation is 1. The van der Waals surface area contributed by atoms with Gasteiger partial charge < -0.3 is 5.32 Å². The Morgan fingerprint density at radius 1 is 1.32 bits per heavy atom. The highest BCUT2D eigenvalue weighted by Gasteiger charge is 2.17. The van der Waals surface area contributed by atoms with Crippen LogP contribution in [0.3, 0.4) is 0 Å². The predicted octanol–water partition coefficient (Wildman–Crippen LogP) is 4.97. The highest BCUT2D eigenvalue weighted by atomic mass is 127. The monoisotopic (exact) mass is 386 g/mol. The van der Waals surface area contributed by atoms with E-state index in [-0.39, 0.29) is 5.41 Å². The molecule has 0 fully saturated rings. The van der Waals surface area contributed by atoms with Gasteiger partial charge in [0, 0.05) is 20.1 Å². The minimum atomic E-state index is 0.141. The van der Waals surface area contributed by atoms with Crippen molar-refractivity contribution in [3.05, 3.63) is 43.4 Å². The third-order valence-corrected chi connectivity index (χ3v) is 5.32. The van der Waals surface area contributed by atoms with Crippen molar-refractivity contribution in [2.45, 2.75) is 39.7 Å². The minimum Gasteiger partial charge on any atom is -0.379 e. The summed E-state index contributed by atoms with van der Waals surface area (Å²) < 4.78 is 1.29. The molecule has 1 aromatic heterocycles. The third-order valence-electron chi connectivity index (χ3n) is 2.84. The molecule has 2 aromatic rings. The number of nitrogens with one attached hydrogen (secondary N) is 1. The van der Waals surface area contributed by atoms with Gasteiger partial charge in [0.25, 0.3) is 0 Å². The predicted molar refractivity (Wildman–Crippen MR) is 92.0 cm³/mol. The van der Waals surface area contributed by atoms with Crippen molar-refractivity contribution in [2.75, 3.05) is 5.32 Å². The first-order valence-corrected chi connectivity index (χ1v) is 8.27. The lowest BCUT2D eigenvalue weighted by molar-refractivity contribution is 0.583. The van der Waals surface area contributed by atoms with Crippen molar-refractivity contribution >= 4 is 39.6 Å². The maximum Gasteiger partial charge on any atom is 0.0982 e. The Balaban J connectivity index is 2.02. The Morgan fingerprint density at radius 3 is 2.63 bits per heavy atom. The van der Waals surface area contributed by atoms with E-state index in [1.165, 1.54) is 14.1 Å². The number of rotatable bonds is 3. The van der Waals surface area contributed by atoms with Crippen LogP contribution in [0.15, 0.2) is 23.6 Å². The van der Waals surface area contributed by atoms with Crippen LogP contribution in [-0.2, 0) is 12.0 Å². The van der Waals surface area contributed by atoms with Gasteiger partial charge in [-0.25, -0.2) is 4.98 Å². The van der Waals surface area contributed by atoms with Gasteiger partial charge in [-0.05, 0) is 47.2 Å². The summed E-state index contributed by atoms with van der Waals surface area (Å²) in [7, 11) is 0. The highest BCUT2D eigenvalue weighted by Crippen LogP contribution is 2.26. The number of anilines is 1. The smallest absolute Gasteiger partial charge is 0.0982 e. The van der Waals surface area contributed by atoms with E-state index >= 15 is 0 Å². The molecule has 1 heterocycles. The van der Waals surface area contributed by atoms with Gasteiger partial charge in [-0.2, -0.15) is 0 Å². The lowest BCUT2D eigenvalue weighted by Crippen LogP contribution is -2.11. The van der Waals surface area contributed by atoms with Gasteiger partial charge in [-0.15, -0.1) is 11.3 Å². The molecule has 0 unspecified atom stereocenters. The largest absolute Gasteiger partial charge is 0.379 e. The van der Waals surface area contributed by atoms with Gasteiger partial charge in [0.05, 0.1) is 17.2 Å². The van der Waals surface area contributed by atoms with E-state index in [2.05, 4.69) is 79.2 Å². The summed E-state index contributed by atoms with van der Waals surface area (Å²) >= 11 is 4.11. The number of halogens is 1. The molecule has 0 saturated heterocycles. The Morgan fingerprint density at radius 2 is 2.05 bits per heavy atom. The van der Waals surface area contributed by atoms with Crippen molar-refractivity contribution in [3.8, 4) is 0 Å². The number of benzene rings is 1. The number of hydrogen-bond donors (Lipinski definition) is 1. The molecule has 0 amide bonds. The minimum absolute atomic E-state index is 0.141. The SMILES string of the molecule is Cc1ccc(NCc2csc(C(C)(C)C)n2)cc1I. The van der Waals surface area contributed by atoms with Gasteiger partial charge in [0.15, 0.2) is 0 Å². The summed E-state index contributed by atoms with van der Waals surface area (Å²) in [5.74, 6) is 0. The Hall–Kier alpha value is -0.620. The number of hydrogen-bond acceptors (Lipinski definition) is 3. The van der Waals surface area contributed by atoms with E-state index in [0.717, 1.165) is 17.9 Å². The molecule has 0 saturated carbocycles. The summed E-state index contributed by atoms with van der Waals surface area (Å²) in [6.45, 7) is 9.51. The zero-order valence-electron chi connectivity index (χ0n) is 11.7. The molecule has 1 aromatic carbocycles. The summed E-state index contributed by atoms with van der Waals surface area (Å²) in [5, 5.41) is 6.78. The topological polar surface area (TPSA) is 24.9 Å². The highest BCUT2D eigenvalue weighted by molar-refractivity contribution is 14.1. The van der Waals surface area contributed by atoms with Gasteiger partial charge in [-0.1, -0.05) is 26.8 Å². The second-order valence-corrected chi connectivity index (χ2v) is 7.73. The molecular weight excluding hydrogens is 367 g/mol. The van der Waals surface area contributed by atoms with E-state index in [1.807, 2.05) is 0 Å². The summed E-state index contributed by atoms with van der Waals surface area (Å²) in [6.07, 6.45) is 0. The van der Waals surface area contributed by atoms with Crippen LogP contribution in [0.5, 0.6) is 0 Å². The first-order valence-electron chi connectivity index (χ1n) is 6.31. The molecule has 4 heteroatoms. The maximum atomic E-state index is 4.69. The number of thiazole rings is 1. The zero-order valence-corrected chi connectivity index (χ0v) is 14.7. The summed E-state index contributed by atoms with van der Waals surface area (Å²) in [6, 6.07) is 6.44. The van der Waals surface area contributed by atoms with Crippen LogP contribution in [0, 0.1) is 10.5 Å². The van der Waals surface area contributed by atoms with Crippen LogP contribution >= 0.6 is 33.9 Å². The zero-order chi connectivity index (χ0) is 14.0. The van der Waals surface area contributed by atoms with E-state index in [0.29, 0.717) is 0 Å². The van der Waals surface area contributed by atoms with Crippen LogP contribution in [0.25, 0.3) is 0 Å². The van der Waals surface area contributed by atoms with Gasteiger partial charge >= 0.3 is 0 Å². The van der Waals surface area contributed by atoms with Crippen LogP contribution in [0.1, 0.15) is 37.0 Å². The molecule has 19 heavy (non-hydrogen) atoms. The van der Waals surface area contributed by atoms with E-state index in [1.54, 1.807) is 11.3 Å². The number of nitrogens with zero attached hydrogens (tertiary/aromatic N) is 1. The third kappa shape index (κ3) is 3.92. The standard InChI is InChI=1S/C15H19IN2S/c1-10-5-6-11(7-13(10)16)17-8-12-9-19-14(18-12)15(2,3)4/h5-7,9,17H,8H2,1-4H3. The average molecular weight is 386 g/mol. The second kappa shape index (κ2) is 5.79. The molecule has 0 bridgehead atoms. The van der Waals surface area contributed by atoms with Gasteiger partial charge in [0.2, 0.25) is 0 Å². The van der Waals surface area contributed by atoms with Crippen molar-refractivity contribution < 1.29 is 0 Å². The van der Waals surface area contributed by atoms with Crippen LogP contribution in [-0.4, -0.2) is 4.98 Å². The fourth-order valence-electron chi connectivity index (χ4n) is 1.63. The molecule has 2 nitrogen and oxygen atoms in total. The van der Waals surface area contributed by atoms with Crippen LogP contribution in [0.2, 0.25) is 0 Å². The molecule has 102 valence electrons. The quantitative estimate of drug-likeness (QED) is 0.754. The molecule has 0 aliphatic carbocycles. The molecule has 1 N–H and O–H groups in total. The maximum absolute atomic E-state index is 4.69. The molecule has 0 atom stereocenters. The second-order valence-electron chi connectivity index (χ2n) is 5.71.